The molecule has 3 aromatic rings. The van der Waals surface area contributed by atoms with Crippen LogP contribution in [0, 0.1) is 5.41 Å². The molecule has 1 aromatic carbocycles. The highest BCUT2D eigenvalue weighted by Gasteiger charge is 2.27. The third-order valence-corrected chi connectivity index (χ3v) is 6.68. The first-order valence-electron chi connectivity index (χ1n) is 12.3. The molecule has 5 nitrogen and oxygen atoms in total. The van der Waals surface area contributed by atoms with Gasteiger partial charge in [-0.25, -0.2) is 0 Å². The summed E-state index contributed by atoms with van der Waals surface area (Å²) >= 11 is 0. The molecule has 5 heteroatoms. The zero-order chi connectivity index (χ0) is 23.6. The van der Waals surface area contributed by atoms with Crippen molar-refractivity contribution in [3.05, 3.63) is 47.8 Å². The van der Waals surface area contributed by atoms with Crippen LogP contribution in [0.2, 0.25) is 0 Å². The van der Waals surface area contributed by atoms with Crippen molar-refractivity contribution in [2.24, 2.45) is 5.41 Å². The molecule has 3 heterocycles. The van der Waals surface area contributed by atoms with Crippen molar-refractivity contribution < 1.29 is 9.47 Å². The molecule has 1 saturated heterocycles. The predicted octanol–water partition coefficient (Wildman–Crippen LogP) is 5.90. The minimum atomic E-state index is 0.0194. The van der Waals surface area contributed by atoms with E-state index in [1.165, 1.54) is 33.4 Å². The van der Waals surface area contributed by atoms with E-state index in [1.807, 2.05) is 6.20 Å². The zero-order valence-corrected chi connectivity index (χ0v) is 21.1. The van der Waals surface area contributed by atoms with E-state index >= 15 is 0 Å². The molecule has 0 radical (unpaired) electrons. The maximum atomic E-state index is 5.61. The number of benzene rings is 1. The summed E-state index contributed by atoms with van der Waals surface area (Å²) in [5, 5.41) is 1.35. The lowest BCUT2D eigenvalue weighted by molar-refractivity contribution is 0.105. The highest BCUT2D eigenvalue weighted by atomic mass is 16.5. The fourth-order valence-electron chi connectivity index (χ4n) is 5.24. The van der Waals surface area contributed by atoms with Crippen molar-refractivity contribution in [3.8, 4) is 11.3 Å². The first kappa shape index (κ1) is 23.8. The van der Waals surface area contributed by atoms with Gasteiger partial charge < -0.3 is 18.9 Å². The lowest BCUT2D eigenvalue weighted by Gasteiger charge is -2.29. The third-order valence-electron chi connectivity index (χ3n) is 6.68. The molecule has 1 aliphatic heterocycles. The summed E-state index contributed by atoms with van der Waals surface area (Å²) < 4.78 is 13.7. The second kappa shape index (κ2) is 9.86. The Kier molecular flexibility index (Phi) is 7.10. The monoisotopic (exact) mass is 449 g/mol. The van der Waals surface area contributed by atoms with Gasteiger partial charge in [0.2, 0.25) is 0 Å². The molecule has 0 atom stereocenters. The van der Waals surface area contributed by atoms with E-state index in [0.29, 0.717) is 5.92 Å². The average molecular weight is 450 g/mol. The normalized spacial score (nSPS) is 15.1. The molecule has 1 aliphatic rings. The van der Waals surface area contributed by atoms with Gasteiger partial charge in [0.15, 0.2) is 0 Å². The molecule has 33 heavy (non-hydrogen) atoms. The number of aromatic nitrogens is 2. The number of hydrogen-bond acceptors (Lipinski definition) is 4. The Labute approximate surface area is 198 Å². The van der Waals surface area contributed by atoms with Crippen LogP contribution in [0.4, 0.5) is 5.69 Å². The number of pyridine rings is 1. The van der Waals surface area contributed by atoms with Crippen molar-refractivity contribution in [2.45, 2.75) is 53.5 Å². The van der Waals surface area contributed by atoms with Gasteiger partial charge in [-0.05, 0) is 60.6 Å². The van der Waals surface area contributed by atoms with Gasteiger partial charge in [-0.3, -0.25) is 4.98 Å². The number of methoxy groups -OCH3 is 1. The minimum absolute atomic E-state index is 0.0194. The third kappa shape index (κ3) is 4.80. The summed E-state index contributed by atoms with van der Waals surface area (Å²) in [7, 11) is 1.80. The fourth-order valence-corrected chi connectivity index (χ4v) is 5.24. The molecule has 0 aliphatic carbocycles. The van der Waals surface area contributed by atoms with Crippen molar-refractivity contribution in [3.63, 3.8) is 0 Å². The SMILES string of the molecule is CCn1c(-c2cccnc2C(C)C)c(CC(C)(C)COC)c2cc(N3CCOCC3)ccc21. The molecule has 1 fully saturated rings. The van der Waals surface area contributed by atoms with Crippen molar-refractivity contribution >= 4 is 16.6 Å². The van der Waals surface area contributed by atoms with Gasteiger partial charge in [-0.1, -0.05) is 27.7 Å². The van der Waals surface area contributed by atoms with Gasteiger partial charge in [0, 0.05) is 55.1 Å². The first-order chi connectivity index (χ1) is 15.9. The maximum Gasteiger partial charge on any atom is 0.0642 e. The van der Waals surface area contributed by atoms with E-state index in [-0.39, 0.29) is 5.41 Å². The maximum absolute atomic E-state index is 5.61. The number of rotatable bonds is 8. The Morgan fingerprint density at radius 3 is 2.58 bits per heavy atom. The quantitative estimate of drug-likeness (QED) is 0.429. The Hall–Kier alpha value is -2.37. The Balaban J connectivity index is 1.97. The second-order valence-corrected chi connectivity index (χ2v) is 10.2. The number of nitrogens with zero attached hydrogens (tertiary/aromatic N) is 3. The van der Waals surface area contributed by atoms with Gasteiger partial charge >= 0.3 is 0 Å². The first-order valence-corrected chi connectivity index (χ1v) is 12.3. The van der Waals surface area contributed by atoms with Crippen LogP contribution in [0.3, 0.4) is 0 Å². The molecule has 0 amide bonds. The molecule has 0 unspecified atom stereocenters. The van der Waals surface area contributed by atoms with Crippen molar-refractivity contribution in [2.75, 3.05) is 44.9 Å². The van der Waals surface area contributed by atoms with Gasteiger partial charge in [-0.15, -0.1) is 0 Å². The van der Waals surface area contributed by atoms with Gasteiger partial charge in [0.25, 0.3) is 0 Å². The number of aryl methyl sites for hydroxylation is 1. The highest BCUT2D eigenvalue weighted by Crippen LogP contribution is 2.41. The van der Waals surface area contributed by atoms with E-state index in [9.17, 15) is 0 Å². The Morgan fingerprint density at radius 1 is 1.15 bits per heavy atom. The molecule has 178 valence electrons. The molecule has 0 N–H and O–H groups in total. The van der Waals surface area contributed by atoms with Crippen LogP contribution < -0.4 is 4.90 Å². The number of hydrogen-bond donors (Lipinski definition) is 0. The molecular formula is C28H39N3O2. The topological polar surface area (TPSA) is 39.5 Å². The zero-order valence-electron chi connectivity index (χ0n) is 21.1. The molecule has 0 bridgehead atoms. The smallest absolute Gasteiger partial charge is 0.0642 e. The van der Waals surface area contributed by atoms with Crippen LogP contribution in [0.25, 0.3) is 22.2 Å². The fraction of sp³-hybridized carbons (Fsp3) is 0.536. The summed E-state index contributed by atoms with van der Waals surface area (Å²) in [6, 6.07) is 11.3. The van der Waals surface area contributed by atoms with E-state index in [1.54, 1.807) is 7.11 Å². The van der Waals surface area contributed by atoms with Crippen LogP contribution in [-0.2, 0) is 22.4 Å². The molecule has 0 saturated carbocycles. The van der Waals surface area contributed by atoms with Crippen molar-refractivity contribution in [1.82, 2.24) is 9.55 Å². The lowest BCUT2D eigenvalue weighted by atomic mass is 9.84. The minimum Gasteiger partial charge on any atom is -0.384 e. The number of ether oxygens (including phenoxy) is 2. The number of fused-ring (bicyclic) bond motifs is 1. The van der Waals surface area contributed by atoms with Crippen molar-refractivity contribution in [1.29, 1.82) is 0 Å². The average Bonchev–Trinajstić information content (AvgIpc) is 3.11. The van der Waals surface area contributed by atoms with Crippen LogP contribution >= 0.6 is 0 Å². The molecular weight excluding hydrogens is 410 g/mol. The van der Waals surface area contributed by atoms with Crippen LogP contribution in [0.1, 0.15) is 51.8 Å². The predicted molar refractivity (Wildman–Crippen MR) is 137 cm³/mol. The van der Waals surface area contributed by atoms with E-state index in [4.69, 9.17) is 14.5 Å². The summed E-state index contributed by atoms with van der Waals surface area (Å²) in [5.74, 6) is 0.355. The largest absolute Gasteiger partial charge is 0.384 e. The molecule has 2 aromatic heterocycles. The van der Waals surface area contributed by atoms with E-state index in [0.717, 1.165) is 51.6 Å². The van der Waals surface area contributed by atoms with E-state index in [2.05, 4.69) is 74.4 Å². The second-order valence-electron chi connectivity index (χ2n) is 10.2. The summed E-state index contributed by atoms with van der Waals surface area (Å²) in [6.07, 6.45) is 2.86. The Morgan fingerprint density at radius 2 is 1.91 bits per heavy atom. The Bertz CT molecular complexity index is 1090. The van der Waals surface area contributed by atoms with Gasteiger partial charge in [-0.2, -0.15) is 0 Å². The summed E-state index contributed by atoms with van der Waals surface area (Å²) in [6.45, 7) is 16.4. The standard InChI is InChI=1S/C28H39N3O2/c1-7-31-25-11-10-21(30-13-15-33-16-14-30)17-23(25)24(18-28(4,5)19-32-6)27(31)22-9-8-12-29-26(22)20(2)3/h8-12,17,20H,7,13-16,18-19H2,1-6H3. The van der Waals surface area contributed by atoms with E-state index < -0.39 is 0 Å². The van der Waals surface area contributed by atoms with Crippen LogP contribution in [0.5, 0.6) is 0 Å². The molecule has 4 rings (SSSR count). The summed E-state index contributed by atoms with van der Waals surface area (Å²) in [5.41, 5.74) is 7.73. The summed E-state index contributed by atoms with van der Waals surface area (Å²) in [4.78, 5) is 7.25. The highest BCUT2D eigenvalue weighted by molar-refractivity contribution is 5.94. The number of anilines is 1. The van der Waals surface area contributed by atoms with Gasteiger partial charge in [0.05, 0.1) is 31.2 Å². The van der Waals surface area contributed by atoms with Gasteiger partial charge in [0.1, 0.15) is 0 Å². The van der Waals surface area contributed by atoms with Crippen LogP contribution in [0.15, 0.2) is 36.5 Å². The number of morpholine rings is 1. The molecule has 0 spiro atoms. The lowest BCUT2D eigenvalue weighted by Crippen LogP contribution is -2.36. The van der Waals surface area contributed by atoms with Crippen LogP contribution in [-0.4, -0.2) is 49.6 Å².